The largest absolute Gasteiger partial charge is 0.315 e. The Hall–Kier alpha value is -0.480. The lowest BCUT2D eigenvalue weighted by atomic mass is 10.1. The molecule has 0 aliphatic carbocycles. The molecule has 12 heavy (non-hydrogen) atoms. The van der Waals surface area contributed by atoms with E-state index in [1.165, 1.54) is 6.42 Å². The van der Waals surface area contributed by atoms with Crippen LogP contribution in [-0.2, 0) is 0 Å². The van der Waals surface area contributed by atoms with Crippen LogP contribution in [0.5, 0.6) is 0 Å². The summed E-state index contributed by atoms with van der Waals surface area (Å²) >= 11 is 0. The van der Waals surface area contributed by atoms with Crippen LogP contribution in [0.25, 0.3) is 0 Å². The predicted octanol–water partition coefficient (Wildman–Crippen LogP) is 2.28. The van der Waals surface area contributed by atoms with Crippen LogP contribution >= 0.6 is 0 Å². The molecule has 0 spiro atoms. The lowest BCUT2D eigenvalue weighted by molar-refractivity contribution is 0.748. The highest BCUT2D eigenvalue weighted by molar-refractivity contribution is 5.07. The normalized spacial score (nSPS) is 20.9. The van der Waals surface area contributed by atoms with E-state index in [1.807, 2.05) is 13.8 Å². The van der Waals surface area contributed by atoms with Gasteiger partial charge in [0.15, 0.2) is 0 Å². The van der Waals surface area contributed by atoms with Crippen molar-refractivity contribution in [1.29, 1.82) is 0 Å². The fourth-order valence-electron chi connectivity index (χ4n) is 1.06. The van der Waals surface area contributed by atoms with E-state index >= 15 is 0 Å². The van der Waals surface area contributed by atoms with Crippen LogP contribution in [0.3, 0.4) is 0 Å². The van der Waals surface area contributed by atoms with Crippen molar-refractivity contribution in [1.82, 2.24) is 5.32 Å². The average molecular weight is 167 g/mol. The minimum atomic E-state index is 0.528. The highest BCUT2D eigenvalue weighted by Gasteiger charge is 2.10. The van der Waals surface area contributed by atoms with E-state index in [9.17, 15) is 0 Å². The molecule has 70 valence electrons. The first-order valence-corrected chi connectivity index (χ1v) is 5.01. The molecule has 1 fully saturated rings. The van der Waals surface area contributed by atoms with Gasteiger partial charge in [-0.15, -0.1) is 5.92 Å². The summed E-state index contributed by atoms with van der Waals surface area (Å²) < 4.78 is 0. The second-order valence-electron chi connectivity index (χ2n) is 3.13. The summed E-state index contributed by atoms with van der Waals surface area (Å²) in [6.07, 6.45) is 1.24. The molecule has 0 aromatic rings. The molecule has 1 aliphatic rings. The van der Waals surface area contributed by atoms with E-state index in [0.29, 0.717) is 11.8 Å². The van der Waals surface area contributed by atoms with Gasteiger partial charge in [-0.3, -0.25) is 0 Å². The summed E-state index contributed by atoms with van der Waals surface area (Å²) in [5.74, 6) is 7.62. The van der Waals surface area contributed by atoms with Crippen molar-refractivity contribution in [3.05, 3.63) is 0 Å². The van der Waals surface area contributed by atoms with Gasteiger partial charge in [0.1, 0.15) is 0 Å². The molecule has 1 heteroatoms. The molecule has 1 nitrogen and oxygen atoms in total. The molecule has 1 heterocycles. The maximum Gasteiger partial charge on any atom is 0.0339 e. The zero-order chi connectivity index (χ0) is 9.40. The number of nitrogens with one attached hydrogen (secondary N) is 1. The van der Waals surface area contributed by atoms with E-state index in [0.717, 1.165) is 13.1 Å². The van der Waals surface area contributed by atoms with Gasteiger partial charge in [-0.25, -0.2) is 0 Å². The van der Waals surface area contributed by atoms with Crippen LogP contribution in [0.15, 0.2) is 0 Å². The summed E-state index contributed by atoms with van der Waals surface area (Å²) in [6, 6.07) is 0. The Kier molecular flexibility index (Phi) is 6.90. The molecule has 1 rings (SSSR count). The molecule has 0 saturated carbocycles. The van der Waals surface area contributed by atoms with Crippen molar-refractivity contribution in [3.63, 3.8) is 0 Å². The molecule has 1 aliphatic heterocycles. The van der Waals surface area contributed by atoms with Gasteiger partial charge in [0.2, 0.25) is 0 Å². The first-order valence-electron chi connectivity index (χ1n) is 5.01. The molecule has 0 radical (unpaired) electrons. The van der Waals surface area contributed by atoms with E-state index in [-0.39, 0.29) is 0 Å². The minimum Gasteiger partial charge on any atom is -0.315 e. The van der Waals surface area contributed by atoms with Gasteiger partial charge < -0.3 is 5.32 Å². The molecule has 0 amide bonds. The number of rotatable bonds is 0. The van der Waals surface area contributed by atoms with E-state index in [2.05, 4.69) is 31.0 Å². The van der Waals surface area contributed by atoms with Crippen molar-refractivity contribution in [2.45, 2.75) is 34.1 Å². The summed E-state index contributed by atoms with van der Waals surface area (Å²) in [7, 11) is 0. The van der Waals surface area contributed by atoms with Crippen molar-refractivity contribution >= 4 is 0 Å². The summed E-state index contributed by atoms with van der Waals surface area (Å²) in [4.78, 5) is 0. The lowest BCUT2D eigenvalue weighted by Crippen LogP contribution is -2.07. The van der Waals surface area contributed by atoms with Crippen LogP contribution in [0.4, 0.5) is 0 Å². The SMILES string of the molecule is CC.CC(C)C#CC1CCNC1. The molecular weight excluding hydrogens is 146 g/mol. The van der Waals surface area contributed by atoms with Crippen LogP contribution in [0.2, 0.25) is 0 Å². The van der Waals surface area contributed by atoms with Gasteiger partial charge in [-0.2, -0.15) is 0 Å². The van der Waals surface area contributed by atoms with E-state index < -0.39 is 0 Å². The molecule has 0 bridgehead atoms. The Balaban J connectivity index is 0.000000561. The number of hydrogen-bond acceptors (Lipinski definition) is 1. The van der Waals surface area contributed by atoms with Gasteiger partial charge in [0.05, 0.1) is 0 Å². The lowest BCUT2D eigenvalue weighted by Gasteiger charge is -1.95. The highest BCUT2D eigenvalue weighted by Crippen LogP contribution is 2.05. The third kappa shape index (κ3) is 5.21. The zero-order valence-corrected chi connectivity index (χ0v) is 8.78. The topological polar surface area (TPSA) is 12.0 Å². The fourth-order valence-corrected chi connectivity index (χ4v) is 1.06. The molecule has 1 N–H and O–H groups in total. The Labute approximate surface area is 76.9 Å². The monoisotopic (exact) mass is 167 g/mol. The van der Waals surface area contributed by atoms with Gasteiger partial charge >= 0.3 is 0 Å². The molecule has 1 unspecified atom stereocenters. The Bertz CT molecular complexity index is 144. The Morgan fingerprint density at radius 2 is 2.00 bits per heavy atom. The minimum absolute atomic E-state index is 0.528. The van der Waals surface area contributed by atoms with Crippen LogP contribution in [-0.4, -0.2) is 13.1 Å². The van der Waals surface area contributed by atoms with Crippen molar-refractivity contribution in [2.75, 3.05) is 13.1 Å². The first kappa shape index (κ1) is 11.5. The average Bonchev–Trinajstić information content (AvgIpc) is 2.56. The second kappa shape index (κ2) is 7.18. The van der Waals surface area contributed by atoms with Gasteiger partial charge in [-0.05, 0) is 13.0 Å². The predicted molar refractivity (Wildman–Crippen MR) is 54.9 cm³/mol. The standard InChI is InChI=1S/C9H15N.C2H6/c1-8(2)3-4-9-5-6-10-7-9;1-2/h8-10H,5-7H2,1-2H3;1-2H3. The maximum absolute atomic E-state index is 3.29. The molecule has 0 aromatic heterocycles. The van der Waals surface area contributed by atoms with Crippen LogP contribution in [0, 0.1) is 23.7 Å². The van der Waals surface area contributed by atoms with Gasteiger partial charge in [0, 0.05) is 18.4 Å². The van der Waals surface area contributed by atoms with E-state index in [1.54, 1.807) is 0 Å². The quantitative estimate of drug-likeness (QED) is 0.546. The summed E-state index contributed by atoms with van der Waals surface area (Å²) in [5.41, 5.74) is 0. The smallest absolute Gasteiger partial charge is 0.0339 e. The second-order valence-corrected chi connectivity index (χ2v) is 3.13. The molecule has 1 saturated heterocycles. The highest BCUT2D eigenvalue weighted by atomic mass is 14.9. The van der Waals surface area contributed by atoms with Crippen molar-refractivity contribution < 1.29 is 0 Å². The van der Waals surface area contributed by atoms with Gasteiger partial charge in [0.25, 0.3) is 0 Å². The summed E-state index contributed by atoms with van der Waals surface area (Å²) in [6.45, 7) is 10.5. The van der Waals surface area contributed by atoms with Crippen molar-refractivity contribution in [3.8, 4) is 11.8 Å². The van der Waals surface area contributed by atoms with Crippen molar-refractivity contribution in [2.24, 2.45) is 11.8 Å². The number of hydrogen-bond donors (Lipinski definition) is 1. The molecular formula is C11H21N. The summed E-state index contributed by atoms with van der Waals surface area (Å²) in [5, 5.41) is 3.29. The Morgan fingerprint density at radius 3 is 2.42 bits per heavy atom. The van der Waals surface area contributed by atoms with Crippen LogP contribution < -0.4 is 5.32 Å². The third-order valence-corrected chi connectivity index (χ3v) is 1.64. The van der Waals surface area contributed by atoms with Crippen LogP contribution in [0.1, 0.15) is 34.1 Å². The zero-order valence-electron chi connectivity index (χ0n) is 8.78. The maximum atomic E-state index is 3.29. The molecule has 0 aromatic carbocycles. The first-order chi connectivity index (χ1) is 5.79. The third-order valence-electron chi connectivity index (χ3n) is 1.64. The Morgan fingerprint density at radius 1 is 1.33 bits per heavy atom. The fraction of sp³-hybridized carbons (Fsp3) is 0.818. The molecule has 1 atom stereocenters. The van der Waals surface area contributed by atoms with E-state index in [4.69, 9.17) is 0 Å². The van der Waals surface area contributed by atoms with Gasteiger partial charge in [-0.1, -0.05) is 33.6 Å².